The second kappa shape index (κ2) is 4.88. The first kappa shape index (κ1) is 12.1. The normalized spacial score (nSPS) is 23.7. The van der Waals surface area contributed by atoms with Crippen LogP contribution in [0, 0.1) is 13.8 Å². The van der Waals surface area contributed by atoms with Crippen molar-refractivity contribution in [3.63, 3.8) is 0 Å². The van der Waals surface area contributed by atoms with Gasteiger partial charge in [0.25, 0.3) is 5.91 Å². The Labute approximate surface area is 102 Å². The minimum atomic E-state index is 0.00792. The Morgan fingerprint density at radius 3 is 2.76 bits per heavy atom. The molecule has 1 aliphatic carbocycles. The number of nitrogens with one attached hydrogen (secondary N) is 1. The van der Waals surface area contributed by atoms with E-state index in [0.29, 0.717) is 0 Å². The quantitative estimate of drug-likeness (QED) is 0.818. The Morgan fingerprint density at radius 1 is 1.35 bits per heavy atom. The summed E-state index contributed by atoms with van der Waals surface area (Å²) in [5.74, 6) is 0.00792. The fraction of sp³-hybridized carbons (Fsp3) is 0.500. The number of carbonyl (C=O) groups excluding carboxylic acids is 1. The molecule has 2 rings (SSSR count). The van der Waals surface area contributed by atoms with Crippen LogP contribution in [0.2, 0.25) is 0 Å². The highest BCUT2D eigenvalue weighted by molar-refractivity contribution is 5.96. The van der Waals surface area contributed by atoms with Crippen molar-refractivity contribution >= 4 is 5.91 Å². The van der Waals surface area contributed by atoms with Crippen LogP contribution in [0.25, 0.3) is 0 Å². The third kappa shape index (κ3) is 2.50. The zero-order valence-electron chi connectivity index (χ0n) is 10.5. The maximum absolute atomic E-state index is 12.2. The molecule has 1 saturated carbocycles. The lowest BCUT2D eigenvalue weighted by molar-refractivity contribution is 0.0934. The van der Waals surface area contributed by atoms with E-state index in [-0.39, 0.29) is 18.0 Å². The molecule has 3 nitrogen and oxygen atoms in total. The number of amides is 1. The Hall–Kier alpha value is -1.35. The summed E-state index contributed by atoms with van der Waals surface area (Å²) in [6.07, 6.45) is 3.12. The monoisotopic (exact) mass is 232 g/mol. The van der Waals surface area contributed by atoms with Crippen molar-refractivity contribution in [3.8, 4) is 0 Å². The van der Waals surface area contributed by atoms with Gasteiger partial charge in [-0.25, -0.2) is 0 Å². The van der Waals surface area contributed by atoms with Gasteiger partial charge in [-0.05, 0) is 50.3 Å². The molecule has 1 aliphatic rings. The predicted octanol–water partition coefficient (Wildman–Crippen LogP) is 1.91. The third-order valence-corrected chi connectivity index (χ3v) is 3.74. The van der Waals surface area contributed by atoms with E-state index in [1.807, 2.05) is 32.0 Å². The average molecular weight is 232 g/mol. The summed E-state index contributed by atoms with van der Waals surface area (Å²) in [6, 6.07) is 6.07. The highest BCUT2D eigenvalue weighted by atomic mass is 16.1. The Balaban J connectivity index is 2.12. The number of hydrogen-bond acceptors (Lipinski definition) is 2. The van der Waals surface area contributed by atoms with E-state index < -0.39 is 0 Å². The van der Waals surface area contributed by atoms with Crippen LogP contribution in [0.5, 0.6) is 0 Å². The van der Waals surface area contributed by atoms with Crippen LogP contribution in [-0.4, -0.2) is 18.0 Å². The number of aryl methyl sites for hydroxylation is 1. The lowest BCUT2D eigenvalue weighted by atomic mass is 10.0. The van der Waals surface area contributed by atoms with Gasteiger partial charge in [-0.15, -0.1) is 0 Å². The van der Waals surface area contributed by atoms with Crippen LogP contribution in [0.1, 0.15) is 40.7 Å². The van der Waals surface area contributed by atoms with Gasteiger partial charge in [0.15, 0.2) is 0 Å². The topological polar surface area (TPSA) is 55.1 Å². The van der Waals surface area contributed by atoms with Gasteiger partial charge >= 0.3 is 0 Å². The van der Waals surface area contributed by atoms with Gasteiger partial charge < -0.3 is 11.1 Å². The molecule has 2 unspecified atom stereocenters. The Bertz CT molecular complexity index is 428. The van der Waals surface area contributed by atoms with Crippen LogP contribution < -0.4 is 11.1 Å². The summed E-state index contributed by atoms with van der Waals surface area (Å²) in [5, 5.41) is 3.05. The Kier molecular flexibility index (Phi) is 3.48. The second-order valence-electron chi connectivity index (χ2n) is 4.92. The summed E-state index contributed by atoms with van der Waals surface area (Å²) in [6.45, 7) is 4.01. The van der Waals surface area contributed by atoms with Crippen LogP contribution in [-0.2, 0) is 0 Å². The SMILES string of the molecule is Cc1cccc(C(=O)NC2CCCC2N)c1C. The van der Waals surface area contributed by atoms with E-state index in [9.17, 15) is 4.79 Å². The Morgan fingerprint density at radius 2 is 2.12 bits per heavy atom. The predicted molar refractivity (Wildman–Crippen MR) is 69.0 cm³/mol. The molecule has 0 heterocycles. The van der Waals surface area contributed by atoms with E-state index >= 15 is 0 Å². The molecule has 2 atom stereocenters. The van der Waals surface area contributed by atoms with Crippen LogP contribution in [0.15, 0.2) is 18.2 Å². The van der Waals surface area contributed by atoms with Gasteiger partial charge in [0.05, 0.1) is 0 Å². The van der Waals surface area contributed by atoms with Crippen molar-refractivity contribution in [2.75, 3.05) is 0 Å². The first-order chi connectivity index (χ1) is 8.09. The minimum absolute atomic E-state index is 0.00792. The number of nitrogens with two attached hydrogens (primary N) is 1. The molecule has 92 valence electrons. The minimum Gasteiger partial charge on any atom is -0.348 e. The molecular formula is C14H20N2O. The summed E-state index contributed by atoms with van der Waals surface area (Å²) in [7, 11) is 0. The van der Waals surface area contributed by atoms with Gasteiger partial charge in [-0.2, -0.15) is 0 Å². The first-order valence-electron chi connectivity index (χ1n) is 6.22. The molecule has 0 aromatic heterocycles. The summed E-state index contributed by atoms with van der Waals surface area (Å²) in [4.78, 5) is 12.2. The molecule has 17 heavy (non-hydrogen) atoms. The molecule has 0 radical (unpaired) electrons. The molecule has 0 spiro atoms. The lowest BCUT2D eigenvalue weighted by Crippen LogP contribution is -2.44. The maximum Gasteiger partial charge on any atom is 0.251 e. The molecule has 0 aliphatic heterocycles. The molecule has 1 aromatic rings. The smallest absolute Gasteiger partial charge is 0.251 e. The molecule has 1 amide bonds. The fourth-order valence-corrected chi connectivity index (χ4v) is 2.41. The van der Waals surface area contributed by atoms with Crippen molar-refractivity contribution in [2.45, 2.75) is 45.2 Å². The van der Waals surface area contributed by atoms with Crippen molar-refractivity contribution in [3.05, 3.63) is 34.9 Å². The molecular weight excluding hydrogens is 212 g/mol. The van der Waals surface area contributed by atoms with Gasteiger partial charge in [0.1, 0.15) is 0 Å². The number of benzene rings is 1. The number of hydrogen-bond donors (Lipinski definition) is 2. The van der Waals surface area contributed by atoms with E-state index in [0.717, 1.165) is 36.0 Å². The van der Waals surface area contributed by atoms with Crippen LogP contribution >= 0.6 is 0 Å². The number of carbonyl (C=O) groups is 1. The van der Waals surface area contributed by atoms with Gasteiger partial charge in [-0.3, -0.25) is 4.79 Å². The third-order valence-electron chi connectivity index (χ3n) is 3.74. The zero-order valence-corrected chi connectivity index (χ0v) is 10.5. The van der Waals surface area contributed by atoms with E-state index in [2.05, 4.69) is 5.32 Å². The van der Waals surface area contributed by atoms with Crippen molar-refractivity contribution in [1.29, 1.82) is 0 Å². The van der Waals surface area contributed by atoms with Gasteiger partial charge in [-0.1, -0.05) is 12.1 Å². The molecule has 1 fully saturated rings. The molecule has 0 saturated heterocycles. The molecule has 0 bridgehead atoms. The number of rotatable bonds is 2. The second-order valence-corrected chi connectivity index (χ2v) is 4.92. The van der Waals surface area contributed by atoms with Gasteiger partial charge in [0.2, 0.25) is 0 Å². The lowest BCUT2D eigenvalue weighted by Gasteiger charge is -2.18. The highest BCUT2D eigenvalue weighted by Gasteiger charge is 2.25. The first-order valence-corrected chi connectivity index (χ1v) is 6.22. The molecule has 3 N–H and O–H groups in total. The zero-order chi connectivity index (χ0) is 12.4. The summed E-state index contributed by atoms with van der Waals surface area (Å²) < 4.78 is 0. The largest absolute Gasteiger partial charge is 0.348 e. The fourth-order valence-electron chi connectivity index (χ4n) is 2.41. The summed E-state index contributed by atoms with van der Waals surface area (Å²) in [5.41, 5.74) is 8.93. The van der Waals surface area contributed by atoms with Crippen molar-refractivity contribution < 1.29 is 4.79 Å². The van der Waals surface area contributed by atoms with E-state index in [1.54, 1.807) is 0 Å². The van der Waals surface area contributed by atoms with Crippen LogP contribution in [0.4, 0.5) is 0 Å². The van der Waals surface area contributed by atoms with Gasteiger partial charge in [0, 0.05) is 17.6 Å². The maximum atomic E-state index is 12.2. The highest BCUT2D eigenvalue weighted by Crippen LogP contribution is 2.18. The van der Waals surface area contributed by atoms with E-state index in [1.165, 1.54) is 0 Å². The standard InChI is InChI=1S/C14H20N2O/c1-9-5-3-6-11(10(9)2)14(17)16-13-8-4-7-12(13)15/h3,5-6,12-13H,4,7-8,15H2,1-2H3,(H,16,17). The average Bonchev–Trinajstić information content (AvgIpc) is 2.68. The van der Waals surface area contributed by atoms with Crippen LogP contribution in [0.3, 0.4) is 0 Å². The van der Waals surface area contributed by atoms with Crippen molar-refractivity contribution in [1.82, 2.24) is 5.32 Å². The molecule has 1 aromatic carbocycles. The molecule has 3 heteroatoms. The van der Waals surface area contributed by atoms with E-state index in [4.69, 9.17) is 5.73 Å². The van der Waals surface area contributed by atoms with Crippen molar-refractivity contribution in [2.24, 2.45) is 5.73 Å². The summed E-state index contributed by atoms with van der Waals surface area (Å²) >= 11 is 0.